The molecular weight excluding hydrogens is 360 g/mol. The summed E-state index contributed by atoms with van der Waals surface area (Å²) in [6, 6.07) is 19.1. The first-order chi connectivity index (χ1) is 13.2. The van der Waals surface area contributed by atoms with Crippen LogP contribution in [-0.2, 0) is 17.8 Å². The predicted molar refractivity (Wildman–Crippen MR) is 106 cm³/mol. The van der Waals surface area contributed by atoms with Gasteiger partial charge >= 0.3 is 0 Å². The highest BCUT2D eigenvalue weighted by molar-refractivity contribution is 7.22. The van der Waals surface area contributed by atoms with Gasteiger partial charge in [-0.1, -0.05) is 47.7 Å². The van der Waals surface area contributed by atoms with Gasteiger partial charge in [-0.15, -0.1) is 0 Å². The number of ether oxygens (including phenoxy) is 1. The number of furan rings is 1. The topological polar surface area (TPSA) is 55.6 Å². The Labute approximate surface area is 160 Å². The molecule has 0 atom stereocenters. The van der Waals surface area contributed by atoms with Crippen molar-refractivity contribution < 1.29 is 13.9 Å². The highest BCUT2D eigenvalue weighted by Crippen LogP contribution is 2.35. The fourth-order valence-electron chi connectivity index (χ4n) is 2.88. The molecule has 2 heterocycles. The van der Waals surface area contributed by atoms with E-state index in [1.165, 1.54) is 11.3 Å². The Balaban J connectivity index is 1.70. The van der Waals surface area contributed by atoms with Gasteiger partial charge in [0.2, 0.25) is 5.91 Å². The Hall–Kier alpha value is -3.12. The normalized spacial score (nSPS) is 10.9. The van der Waals surface area contributed by atoms with Crippen molar-refractivity contribution in [3.05, 3.63) is 78.3 Å². The summed E-state index contributed by atoms with van der Waals surface area (Å²) in [5.74, 6) is 1.38. The van der Waals surface area contributed by atoms with Crippen LogP contribution in [0.5, 0.6) is 5.75 Å². The Morgan fingerprint density at radius 3 is 2.70 bits per heavy atom. The van der Waals surface area contributed by atoms with Gasteiger partial charge < -0.3 is 9.15 Å². The minimum Gasteiger partial charge on any atom is -0.494 e. The Bertz CT molecular complexity index is 1040. The quantitative estimate of drug-likeness (QED) is 0.489. The fraction of sp³-hybridized carbons (Fsp3) is 0.143. The van der Waals surface area contributed by atoms with Crippen LogP contribution in [0.2, 0.25) is 0 Å². The van der Waals surface area contributed by atoms with Gasteiger partial charge in [0.15, 0.2) is 5.13 Å². The van der Waals surface area contributed by atoms with Crippen LogP contribution in [0.25, 0.3) is 10.2 Å². The van der Waals surface area contributed by atoms with Crippen molar-refractivity contribution in [3.63, 3.8) is 0 Å². The Morgan fingerprint density at radius 1 is 1.11 bits per heavy atom. The van der Waals surface area contributed by atoms with E-state index in [0.717, 1.165) is 15.8 Å². The molecule has 5 nitrogen and oxygen atoms in total. The molecule has 0 saturated heterocycles. The molecule has 0 aliphatic rings. The molecule has 27 heavy (non-hydrogen) atoms. The molecule has 0 unspecified atom stereocenters. The van der Waals surface area contributed by atoms with Crippen LogP contribution < -0.4 is 9.64 Å². The second-order valence-electron chi connectivity index (χ2n) is 6.03. The first-order valence-corrected chi connectivity index (χ1v) is 9.36. The summed E-state index contributed by atoms with van der Waals surface area (Å²) in [4.78, 5) is 19.5. The number of hydrogen-bond donors (Lipinski definition) is 0. The van der Waals surface area contributed by atoms with Crippen LogP contribution in [0, 0.1) is 0 Å². The number of aromatic nitrogens is 1. The maximum Gasteiger partial charge on any atom is 0.233 e. The van der Waals surface area contributed by atoms with Gasteiger partial charge in [0.05, 0.1) is 31.0 Å². The molecule has 1 amide bonds. The second-order valence-corrected chi connectivity index (χ2v) is 7.03. The number of carbonyl (C=O) groups is 1. The average Bonchev–Trinajstić information content (AvgIpc) is 3.35. The molecule has 4 rings (SSSR count). The molecule has 4 aromatic rings. The molecule has 0 aliphatic heterocycles. The zero-order chi connectivity index (χ0) is 18.6. The summed E-state index contributed by atoms with van der Waals surface area (Å²) in [5.41, 5.74) is 1.72. The number of rotatable bonds is 6. The summed E-state index contributed by atoms with van der Waals surface area (Å²) in [7, 11) is 1.62. The number of amides is 1. The molecule has 0 radical (unpaired) electrons. The van der Waals surface area contributed by atoms with Crippen molar-refractivity contribution in [2.24, 2.45) is 0 Å². The molecular formula is C21H18N2O3S. The number of benzene rings is 2. The number of thiazole rings is 1. The number of methoxy groups -OCH3 is 1. The molecule has 0 aliphatic carbocycles. The van der Waals surface area contributed by atoms with E-state index in [9.17, 15) is 4.79 Å². The first kappa shape index (κ1) is 17.3. The minimum absolute atomic E-state index is 0.0318. The lowest BCUT2D eigenvalue weighted by Crippen LogP contribution is -2.31. The summed E-state index contributed by atoms with van der Waals surface area (Å²) in [5, 5.41) is 0.631. The molecule has 0 spiro atoms. The molecule has 0 N–H and O–H groups in total. The molecule has 6 heteroatoms. The summed E-state index contributed by atoms with van der Waals surface area (Å²) in [6.45, 7) is 0.334. The van der Waals surface area contributed by atoms with Crippen LogP contribution in [0.3, 0.4) is 0 Å². The van der Waals surface area contributed by atoms with E-state index in [1.54, 1.807) is 18.3 Å². The highest BCUT2D eigenvalue weighted by atomic mass is 32.1. The maximum atomic E-state index is 13.1. The zero-order valence-electron chi connectivity index (χ0n) is 14.8. The van der Waals surface area contributed by atoms with E-state index < -0.39 is 0 Å². The predicted octanol–water partition coefficient (Wildman–Crippen LogP) is 4.67. The Kier molecular flexibility index (Phi) is 4.89. The van der Waals surface area contributed by atoms with Crippen molar-refractivity contribution in [1.29, 1.82) is 0 Å². The summed E-state index contributed by atoms with van der Waals surface area (Å²) < 4.78 is 11.8. The van der Waals surface area contributed by atoms with E-state index in [-0.39, 0.29) is 5.91 Å². The lowest BCUT2D eigenvalue weighted by atomic mass is 10.1. The van der Waals surface area contributed by atoms with E-state index >= 15 is 0 Å². The average molecular weight is 378 g/mol. The highest BCUT2D eigenvalue weighted by Gasteiger charge is 2.22. The van der Waals surface area contributed by atoms with Gasteiger partial charge in [-0.2, -0.15) is 0 Å². The second kappa shape index (κ2) is 7.63. The SMILES string of the molecule is COc1cccc2sc(N(Cc3ccco3)C(=O)Cc3ccccc3)nc12. The molecule has 2 aromatic heterocycles. The molecule has 0 fully saturated rings. The Morgan fingerprint density at radius 2 is 1.96 bits per heavy atom. The van der Waals surface area contributed by atoms with Gasteiger partial charge in [-0.25, -0.2) is 4.98 Å². The van der Waals surface area contributed by atoms with Crippen LogP contribution in [0.4, 0.5) is 5.13 Å². The molecule has 136 valence electrons. The zero-order valence-corrected chi connectivity index (χ0v) is 15.6. The third kappa shape index (κ3) is 3.71. The van der Waals surface area contributed by atoms with Gasteiger partial charge in [0.1, 0.15) is 17.0 Å². The van der Waals surface area contributed by atoms with E-state index in [1.807, 2.05) is 60.7 Å². The van der Waals surface area contributed by atoms with Crippen LogP contribution >= 0.6 is 11.3 Å². The van der Waals surface area contributed by atoms with Crippen molar-refractivity contribution in [1.82, 2.24) is 4.98 Å². The molecule has 0 bridgehead atoms. The fourth-order valence-corrected chi connectivity index (χ4v) is 3.88. The van der Waals surface area contributed by atoms with Crippen LogP contribution in [-0.4, -0.2) is 18.0 Å². The van der Waals surface area contributed by atoms with Crippen molar-refractivity contribution in [3.8, 4) is 5.75 Å². The molecule has 2 aromatic carbocycles. The lowest BCUT2D eigenvalue weighted by Gasteiger charge is -2.18. The summed E-state index contributed by atoms with van der Waals surface area (Å²) in [6.07, 6.45) is 1.91. The van der Waals surface area contributed by atoms with Gasteiger partial charge in [-0.3, -0.25) is 9.69 Å². The van der Waals surface area contributed by atoms with E-state index in [4.69, 9.17) is 9.15 Å². The lowest BCUT2D eigenvalue weighted by molar-refractivity contribution is -0.118. The smallest absolute Gasteiger partial charge is 0.233 e. The summed E-state index contributed by atoms with van der Waals surface area (Å²) >= 11 is 1.47. The number of nitrogens with zero attached hydrogens (tertiary/aromatic N) is 2. The monoisotopic (exact) mass is 378 g/mol. The van der Waals surface area contributed by atoms with Gasteiger partial charge in [-0.05, 0) is 29.8 Å². The number of carbonyl (C=O) groups excluding carboxylic acids is 1. The number of anilines is 1. The first-order valence-electron chi connectivity index (χ1n) is 8.55. The van der Waals surface area contributed by atoms with Gasteiger partial charge in [0, 0.05) is 0 Å². The third-order valence-electron chi connectivity index (χ3n) is 4.21. The largest absolute Gasteiger partial charge is 0.494 e. The van der Waals surface area contributed by atoms with Crippen molar-refractivity contribution in [2.45, 2.75) is 13.0 Å². The molecule has 0 saturated carbocycles. The van der Waals surface area contributed by atoms with Crippen LogP contribution in [0.1, 0.15) is 11.3 Å². The third-order valence-corrected chi connectivity index (χ3v) is 5.26. The maximum absolute atomic E-state index is 13.1. The van der Waals surface area contributed by atoms with Gasteiger partial charge in [0.25, 0.3) is 0 Å². The van der Waals surface area contributed by atoms with Crippen molar-refractivity contribution >= 4 is 32.6 Å². The number of fused-ring (bicyclic) bond motifs is 1. The number of hydrogen-bond acceptors (Lipinski definition) is 5. The van der Waals surface area contributed by atoms with Crippen molar-refractivity contribution in [2.75, 3.05) is 12.0 Å². The van der Waals surface area contributed by atoms with Crippen LogP contribution in [0.15, 0.2) is 71.3 Å². The van der Waals surface area contributed by atoms with E-state index in [2.05, 4.69) is 4.98 Å². The minimum atomic E-state index is -0.0318. The van der Waals surface area contributed by atoms with E-state index in [0.29, 0.717) is 29.6 Å². The number of para-hydroxylation sites is 1. The standard InChI is InChI=1S/C21H18N2O3S/c1-25-17-10-5-11-18-20(17)22-21(27-18)23(14-16-9-6-12-26-16)19(24)13-15-7-3-2-4-8-15/h2-12H,13-14H2,1H3.